The smallest absolute Gasteiger partial charge is 0.380 e. The number of hydrogen-bond acceptors (Lipinski definition) is 6. The fourth-order valence-corrected chi connectivity index (χ4v) is 6.19. The summed E-state index contributed by atoms with van der Waals surface area (Å²) in [4.78, 5) is 22.7. The van der Waals surface area contributed by atoms with Crippen molar-refractivity contribution in [1.82, 2.24) is 14.9 Å². The molecule has 0 radical (unpaired) electrons. The molecule has 1 aromatic heterocycles. The van der Waals surface area contributed by atoms with Crippen LogP contribution in [0.25, 0.3) is 10.9 Å². The van der Waals surface area contributed by atoms with Crippen molar-refractivity contribution >= 4 is 40.8 Å². The summed E-state index contributed by atoms with van der Waals surface area (Å²) in [6, 6.07) is 7.34. The first kappa shape index (κ1) is 27.9. The zero-order chi connectivity index (χ0) is 28.0. The Hall–Kier alpha value is -3.13. The van der Waals surface area contributed by atoms with Crippen molar-refractivity contribution in [2.75, 3.05) is 37.1 Å². The number of carbonyl (C=O) groups excluding carboxylic acids is 1. The van der Waals surface area contributed by atoms with Crippen LogP contribution >= 0.6 is 7.14 Å². The minimum absolute atomic E-state index is 0.00360. The van der Waals surface area contributed by atoms with E-state index in [1.54, 1.807) is 51.1 Å². The molecule has 1 fully saturated rings. The summed E-state index contributed by atoms with van der Waals surface area (Å²) < 4.78 is 53.8. The second-order valence-corrected chi connectivity index (χ2v) is 13.5. The minimum Gasteiger partial charge on any atom is -0.380 e. The molecule has 7 nitrogen and oxygen atoms in total. The topological polar surface area (TPSA) is 87.2 Å². The van der Waals surface area contributed by atoms with E-state index in [9.17, 15) is 22.5 Å². The van der Waals surface area contributed by atoms with E-state index in [1.165, 1.54) is 13.0 Å². The number of fused-ring (bicyclic) bond motifs is 1. The molecule has 0 aliphatic carbocycles. The number of hydrogen-bond donors (Lipinski definition) is 2. The first-order chi connectivity index (χ1) is 17.6. The van der Waals surface area contributed by atoms with E-state index in [-0.39, 0.29) is 17.5 Å². The number of carbonyl (C=O) groups is 1. The zero-order valence-electron chi connectivity index (χ0n) is 22.4. The summed E-state index contributed by atoms with van der Waals surface area (Å²) in [5.41, 5.74) is 1.28. The van der Waals surface area contributed by atoms with Gasteiger partial charge in [-0.3, -0.25) is 4.79 Å². The van der Waals surface area contributed by atoms with E-state index in [4.69, 9.17) is 0 Å². The molecule has 38 heavy (non-hydrogen) atoms. The van der Waals surface area contributed by atoms with Gasteiger partial charge in [0.2, 0.25) is 5.91 Å². The Morgan fingerprint density at radius 3 is 2.50 bits per heavy atom. The van der Waals surface area contributed by atoms with Crippen LogP contribution < -0.4 is 15.9 Å². The highest BCUT2D eigenvalue weighted by Gasteiger charge is 2.33. The van der Waals surface area contributed by atoms with Crippen LogP contribution in [0.5, 0.6) is 0 Å². The van der Waals surface area contributed by atoms with Crippen molar-refractivity contribution in [2.45, 2.75) is 52.4 Å². The largest absolute Gasteiger partial charge is 0.416 e. The number of anilines is 2. The lowest BCUT2D eigenvalue weighted by Crippen LogP contribution is -2.30. The Balaban J connectivity index is 1.76. The monoisotopic (exact) mass is 547 g/mol. The number of nitrogens with zero attached hydrogens (tertiary/aromatic N) is 3. The summed E-state index contributed by atoms with van der Waals surface area (Å²) in [5, 5.41) is 8.08. The molecule has 2 heterocycles. The van der Waals surface area contributed by atoms with Crippen LogP contribution in [-0.2, 0) is 15.5 Å². The van der Waals surface area contributed by atoms with E-state index in [2.05, 4.69) is 20.6 Å². The van der Waals surface area contributed by atoms with E-state index in [0.29, 0.717) is 52.2 Å². The van der Waals surface area contributed by atoms with Crippen LogP contribution in [0.15, 0.2) is 30.3 Å². The molecule has 1 amide bonds. The van der Waals surface area contributed by atoms with Gasteiger partial charge in [-0.15, -0.1) is 0 Å². The predicted octanol–water partition coefficient (Wildman–Crippen LogP) is 5.72. The molecular formula is C27H33F3N5O2P. The van der Waals surface area contributed by atoms with Gasteiger partial charge in [-0.25, -0.2) is 9.97 Å². The van der Waals surface area contributed by atoms with Gasteiger partial charge < -0.3 is 20.1 Å². The number of nitrogens with one attached hydrogen (secondary N) is 2. The molecule has 0 bridgehead atoms. The van der Waals surface area contributed by atoms with E-state index >= 15 is 0 Å². The maximum Gasteiger partial charge on any atom is 0.416 e. The summed E-state index contributed by atoms with van der Waals surface area (Å²) in [5.74, 6) is 0.971. The number of alkyl halides is 3. The van der Waals surface area contributed by atoms with E-state index in [0.717, 1.165) is 12.5 Å². The van der Waals surface area contributed by atoms with Crippen LogP contribution in [0.2, 0.25) is 0 Å². The molecular weight excluding hydrogens is 514 g/mol. The van der Waals surface area contributed by atoms with Gasteiger partial charge in [0.05, 0.1) is 17.1 Å². The van der Waals surface area contributed by atoms with Gasteiger partial charge >= 0.3 is 6.18 Å². The van der Waals surface area contributed by atoms with E-state index in [1.807, 2.05) is 6.07 Å². The molecule has 0 spiro atoms. The summed E-state index contributed by atoms with van der Waals surface area (Å²) in [6.45, 7) is 11.1. The van der Waals surface area contributed by atoms with Crippen molar-refractivity contribution in [3.8, 4) is 0 Å². The van der Waals surface area contributed by atoms with Crippen molar-refractivity contribution in [3.63, 3.8) is 0 Å². The zero-order valence-corrected chi connectivity index (χ0v) is 23.3. The Bertz CT molecular complexity index is 1440. The number of halogens is 3. The molecule has 1 aliphatic heterocycles. The van der Waals surface area contributed by atoms with Crippen LogP contribution in [0.4, 0.5) is 24.7 Å². The van der Waals surface area contributed by atoms with E-state index < -0.39 is 24.9 Å². The Kier molecular flexibility index (Phi) is 7.49. The Labute approximate surface area is 220 Å². The Morgan fingerprint density at radius 1 is 1.18 bits per heavy atom. The van der Waals surface area contributed by atoms with Crippen LogP contribution in [-0.4, -0.2) is 53.2 Å². The fraction of sp³-hybridized carbons (Fsp3) is 0.444. The van der Waals surface area contributed by atoms with Gasteiger partial charge in [0.15, 0.2) is 0 Å². The highest BCUT2D eigenvalue weighted by atomic mass is 31.2. The van der Waals surface area contributed by atoms with Gasteiger partial charge in [0.1, 0.15) is 18.8 Å². The first-order valence-corrected chi connectivity index (χ1v) is 15.1. The molecule has 0 saturated carbocycles. The molecule has 2 atom stereocenters. The normalized spacial score (nSPS) is 17.1. The molecule has 11 heteroatoms. The molecule has 1 saturated heterocycles. The van der Waals surface area contributed by atoms with Gasteiger partial charge in [0, 0.05) is 42.4 Å². The van der Waals surface area contributed by atoms with Gasteiger partial charge in [-0.1, -0.05) is 12.1 Å². The molecule has 3 aromatic rings. The number of aromatic nitrogens is 2. The van der Waals surface area contributed by atoms with Crippen LogP contribution in [0.3, 0.4) is 0 Å². The average molecular weight is 548 g/mol. The lowest BCUT2D eigenvalue weighted by atomic mass is 9.97. The first-order valence-electron chi connectivity index (χ1n) is 12.5. The quantitative estimate of drug-likeness (QED) is 0.384. The number of rotatable bonds is 6. The number of benzene rings is 2. The third-order valence-electron chi connectivity index (χ3n) is 7.00. The fourth-order valence-electron chi connectivity index (χ4n) is 5.05. The standard InChI is InChI=1S/C27H33F3N5O2P/c1-15-20(8-7-9-22(15)27(28,29)30)16(2)31-26-21-12-24(34-19-10-11-35(14-19)18(4)36)25(38(5,6)37)13-23(21)32-17(3)33-26/h7-9,12-13,16,19,34H,10-11,14H2,1-6H3,(H,31,32,33)/t16?,19-/m1/s1. The Morgan fingerprint density at radius 2 is 1.89 bits per heavy atom. The summed E-state index contributed by atoms with van der Waals surface area (Å²) in [7, 11) is -2.72. The summed E-state index contributed by atoms with van der Waals surface area (Å²) >= 11 is 0. The molecule has 204 valence electrons. The van der Waals surface area contributed by atoms with Gasteiger partial charge in [0.25, 0.3) is 0 Å². The van der Waals surface area contributed by atoms with Crippen molar-refractivity contribution < 1.29 is 22.5 Å². The maximum absolute atomic E-state index is 13.5. The van der Waals surface area contributed by atoms with Gasteiger partial charge in [-0.05, 0) is 69.8 Å². The minimum atomic E-state index is -4.44. The highest BCUT2D eigenvalue weighted by molar-refractivity contribution is 7.70. The second-order valence-electron chi connectivity index (χ2n) is 10.3. The third kappa shape index (κ3) is 5.80. The predicted molar refractivity (Wildman–Crippen MR) is 146 cm³/mol. The molecule has 4 rings (SSSR count). The maximum atomic E-state index is 13.5. The van der Waals surface area contributed by atoms with Crippen molar-refractivity contribution in [3.05, 3.63) is 52.8 Å². The molecule has 1 aliphatic rings. The van der Waals surface area contributed by atoms with Crippen molar-refractivity contribution in [1.29, 1.82) is 0 Å². The van der Waals surface area contributed by atoms with Gasteiger partial charge in [-0.2, -0.15) is 13.2 Å². The number of likely N-dealkylation sites (tertiary alicyclic amines) is 1. The molecule has 2 aromatic carbocycles. The number of aryl methyl sites for hydroxylation is 1. The highest BCUT2D eigenvalue weighted by Crippen LogP contribution is 2.41. The second kappa shape index (κ2) is 10.2. The summed E-state index contributed by atoms with van der Waals surface area (Å²) in [6.07, 6.45) is -3.68. The lowest BCUT2D eigenvalue weighted by molar-refractivity contribution is -0.138. The number of amides is 1. The van der Waals surface area contributed by atoms with Crippen LogP contribution in [0, 0.1) is 13.8 Å². The third-order valence-corrected chi connectivity index (χ3v) is 8.53. The van der Waals surface area contributed by atoms with Crippen LogP contribution in [0.1, 0.15) is 48.8 Å². The average Bonchev–Trinajstić information content (AvgIpc) is 3.26. The lowest BCUT2D eigenvalue weighted by Gasteiger charge is -2.23. The molecule has 1 unspecified atom stereocenters. The van der Waals surface area contributed by atoms with Crippen molar-refractivity contribution in [2.24, 2.45) is 0 Å². The molecule has 2 N–H and O–H groups in total. The SMILES string of the molecule is CC(=O)N1CC[C@@H](Nc2cc3c(NC(C)c4cccc(C(F)(F)F)c4C)nc(C)nc3cc2P(C)(C)=O)C1.